The molecule has 1 aliphatic rings. The van der Waals surface area contributed by atoms with E-state index in [1.54, 1.807) is 19.2 Å². The molecule has 0 bridgehead atoms. The molecule has 0 spiro atoms. The first-order chi connectivity index (χ1) is 9.49. The summed E-state index contributed by atoms with van der Waals surface area (Å²) in [4.78, 5) is 12.8. The fraction of sp³-hybridized carbons (Fsp3) is 0.571. The van der Waals surface area contributed by atoms with E-state index < -0.39 is 4.92 Å². The smallest absolute Gasteiger partial charge is 0.292 e. The van der Waals surface area contributed by atoms with Crippen LogP contribution in [0.25, 0.3) is 0 Å². The zero-order valence-corrected chi connectivity index (χ0v) is 11.8. The molecule has 2 rings (SSSR count). The van der Waals surface area contributed by atoms with Gasteiger partial charge in [0.15, 0.2) is 0 Å². The molecule has 1 heterocycles. The largest absolute Gasteiger partial charge is 0.392 e. The van der Waals surface area contributed by atoms with Crippen LogP contribution in [-0.4, -0.2) is 35.8 Å². The van der Waals surface area contributed by atoms with Crippen molar-refractivity contribution in [2.75, 3.05) is 25.1 Å². The Balaban J connectivity index is 2.34. The second-order valence-corrected chi connectivity index (χ2v) is 5.42. The highest BCUT2D eigenvalue weighted by Gasteiger charge is 2.33. The molecule has 1 fully saturated rings. The van der Waals surface area contributed by atoms with Crippen LogP contribution in [0.1, 0.15) is 25.3 Å². The number of rotatable bonds is 4. The number of nitrogens with zero attached hydrogens (tertiary/aromatic N) is 2. The van der Waals surface area contributed by atoms with Crippen molar-refractivity contribution in [2.24, 2.45) is 0 Å². The third-order valence-electron chi connectivity index (χ3n) is 3.91. The Labute approximate surface area is 118 Å². The summed E-state index contributed by atoms with van der Waals surface area (Å²) in [5.41, 5.74) is 0.904. The van der Waals surface area contributed by atoms with E-state index in [4.69, 9.17) is 9.84 Å². The fourth-order valence-electron chi connectivity index (χ4n) is 2.66. The number of aliphatic hydroxyl groups is 1. The number of piperidine rings is 1. The Morgan fingerprint density at radius 1 is 1.55 bits per heavy atom. The number of nitro benzene ring substituents is 1. The van der Waals surface area contributed by atoms with Crippen LogP contribution < -0.4 is 4.90 Å². The van der Waals surface area contributed by atoms with Crippen molar-refractivity contribution < 1.29 is 14.8 Å². The Morgan fingerprint density at radius 2 is 2.30 bits per heavy atom. The predicted octanol–water partition coefficient (Wildman–Crippen LogP) is 2.09. The summed E-state index contributed by atoms with van der Waals surface area (Å²) in [6, 6.07) is 4.88. The van der Waals surface area contributed by atoms with Crippen LogP contribution in [0, 0.1) is 10.1 Å². The maximum atomic E-state index is 11.2. The van der Waals surface area contributed by atoms with E-state index in [0.29, 0.717) is 17.8 Å². The average molecular weight is 280 g/mol. The molecule has 1 atom stereocenters. The summed E-state index contributed by atoms with van der Waals surface area (Å²) >= 11 is 0. The van der Waals surface area contributed by atoms with E-state index in [1.165, 1.54) is 6.07 Å². The zero-order chi connectivity index (χ0) is 14.8. The van der Waals surface area contributed by atoms with E-state index >= 15 is 0 Å². The average Bonchev–Trinajstić information content (AvgIpc) is 2.46. The molecule has 0 radical (unpaired) electrons. The first-order valence-corrected chi connectivity index (χ1v) is 6.67. The summed E-state index contributed by atoms with van der Waals surface area (Å²) in [5.74, 6) is 0. The Kier molecular flexibility index (Phi) is 4.25. The first-order valence-electron chi connectivity index (χ1n) is 6.67. The van der Waals surface area contributed by atoms with Gasteiger partial charge in [-0.25, -0.2) is 0 Å². The summed E-state index contributed by atoms with van der Waals surface area (Å²) in [6.45, 7) is 3.23. The Morgan fingerprint density at radius 3 is 2.90 bits per heavy atom. The number of ether oxygens (including phenoxy) is 1. The maximum absolute atomic E-state index is 11.2. The molecular formula is C14H20N2O4. The predicted molar refractivity (Wildman–Crippen MR) is 75.9 cm³/mol. The quantitative estimate of drug-likeness (QED) is 0.675. The Bertz CT molecular complexity index is 506. The standard InChI is InChI=1S/C14H20N2O4/c1-14(20-2)6-3-7-15(10-14)12-5-4-11(9-17)8-13(12)16(18)19/h4-5,8,17H,3,6-7,9-10H2,1-2H3. The molecule has 1 N–H and O–H groups in total. The molecule has 6 nitrogen and oxygen atoms in total. The third-order valence-corrected chi connectivity index (χ3v) is 3.91. The van der Waals surface area contributed by atoms with Gasteiger partial charge in [0.1, 0.15) is 5.69 Å². The van der Waals surface area contributed by atoms with Crippen LogP contribution >= 0.6 is 0 Å². The molecule has 1 saturated heterocycles. The topological polar surface area (TPSA) is 75.8 Å². The van der Waals surface area contributed by atoms with Crippen molar-refractivity contribution in [2.45, 2.75) is 32.0 Å². The minimum atomic E-state index is -0.396. The lowest BCUT2D eigenvalue weighted by atomic mass is 9.94. The van der Waals surface area contributed by atoms with Gasteiger partial charge in [-0.3, -0.25) is 10.1 Å². The van der Waals surface area contributed by atoms with Crippen LogP contribution in [0.5, 0.6) is 0 Å². The lowest BCUT2D eigenvalue weighted by Gasteiger charge is -2.40. The van der Waals surface area contributed by atoms with Gasteiger partial charge in [0, 0.05) is 26.3 Å². The number of methoxy groups -OCH3 is 1. The van der Waals surface area contributed by atoms with Crippen molar-refractivity contribution in [3.63, 3.8) is 0 Å². The van der Waals surface area contributed by atoms with Gasteiger partial charge in [-0.2, -0.15) is 0 Å². The number of hydrogen-bond donors (Lipinski definition) is 1. The van der Waals surface area contributed by atoms with Crippen LogP contribution in [0.4, 0.5) is 11.4 Å². The van der Waals surface area contributed by atoms with Crippen molar-refractivity contribution in [1.29, 1.82) is 0 Å². The molecule has 1 aliphatic heterocycles. The van der Waals surface area contributed by atoms with Gasteiger partial charge < -0.3 is 14.7 Å². The van der Waals surface area contributed by atoms with Crippen molar-refractivity contribution in [1.82, 2.24) is 0 Å². The van der Waals surface area contributed by atoms with Gasteiger partial charge in [-0.1, -0.05) is 6.07 Å². The maximum Gasteiger partial charge on any atom is 0.292 e. The van der Waals surface area contributed by atoms with E-state index in [0.717, 1.165) is 19.4 Å². The van der Waals surface area contributed by atoms with Gasteiger partial charge in [-0.15, -0.1) is 0 Å². The minimum absolute atomic E-state index is 0.0388. The number of aliphatic hydroxyl groups excluding tert-OH is 1. The SMILES string of the molecule is COC1(C)CCCN(c2ccc(CO)cc2[N+](=O)[O-])C1. The van der Waals surface area contributed by atoms with Crippen LogP contribution in [-0.2, 0) is 11.3 Å². The van der Waals surface area contributed by atoms with Crippen LogP contribution in [0.3, 0.4) is 0 Å². The highest BCUT2D eigenvalue weighted by molar-refractivity contribution is 5.64. The van der Waals surface area contributed by atoms with Gasteiger partial charge in [-0.05, 0) is 31.4 Å². The number of anilines is 1. The third kappa shape index (κ3) is 2.91. The van der Waals surface area contributed by atoms with Crippen LogP contribution in [0.15, 0.2) is 18.2 Å². The molecule has 1 aromatic carbocycles. The lowest BCUT2D eigenvalue weighted by molar-refractivity contribution is -0.384. The highest BCUT2D eigenvalue weighted by atomic mass is 16.6. The highest BCUT2D eigenvalue weighted by Crippen LogP contribution is 2.34. The van der Waals surface area contributed by atoms with Gasteiger partial charge in [0.25, 0.3) is 5.69 Å². The monoisotopic (exact) mass is 280 g/mol. The van der Waals surface area contributed by atoms with E-state index in [-0.39, 0.29) is 17.9 Å². The Hall–Kier alpha value is -1.66. The molecule has 6 heteroatoms. The molecule has 0 aromatic heterocycles. The number of hydrogen-bond acceptors (Lipinski definition) is 5. The number of nitro groups is 1. The molecule has 0 saturated carbocycles. The molecule has 1 unspecified atom stereocenters. The van der Waals surface area contributed by atoms with E-state index in [9.17, 15) is 10.1 Å². The molecule has 110 valence electrons. The summed E-state index contributed by atoms with van der Waals surface area (Å²) in [6.07, 6.45) is 1.88. The summed E-state index contributed by atoms with van der Waals surface area (Å²) < 4.78 is 5.52. The fourth-order valence-corrected chi connectivity index (χ4v) is 2.66. The zero-order valence-electron chi connectivity index (χ0n) is 11.8. The van der Waals surface area contributed by atoms with E-state index in [2.05, 4.69) is 0 Å². The molecule has 0 aliphatic carbocycles. The molecule has 20 heavy (non-hydrogen) atoms. The second-order valence-electron chi connectivity index (χ2n) is 5.42. The van der Waals surface area contributed by atoms with Crippen molar-refractivity contribution in [3.05, 3.63) is 33.9 Å². The van der Waals surface area contributed by atoms with Gasteiger partial charge in [0.05, 0.1) is 17.1 Å². The van der Waals surface area contributed by atoms with Gasteiger partial charge >= 0.3 is 0 Å². The summed E-state index contributed by atoms with van der Waals surface area (Å²) in [7, 11) is 1.67. The lowest BCUT2D eigenvalue weighted by Crippen LogP contribution is -2.47. The first kappa shape index (κ1) is 14.7. The molecule has 0 amide bonds. The minimum Gasteiger partial charge on any atom is -0.392 e. The normalized spacial score (nSPS) is 22.9. The summed E-state index contributed by atoms with van der Waals surface area (Å²) in [5, 5.41) is 20.3. The van der Waals surface area contributed by atoms with Crippen LogP contribution in [0.2, 0.25) is 0 Å². The molecular weight excluding hydrogens is 260 g/mol. The second kappa shape index (κ2) is 5.76. The number of benzene rings is 1. The van der Waals surface area contributed by atoms with Crippen molar-refractivity contribution >= 4 is 11.4 Å². The van der Waals surface area contributed by atoms with Crippen molar-refractivity contribution in [3.8, 4) is 0 Å². The van der Waals surface area contributed by atoms with E-state index in [1.807, 2.05) is 11.8 Å². The molecule has 1 aromatic rings. The van der Waals surface area contributed by atoms with Gasteiger partial charge in [0.2, 0.25) is 0 Å².